The molecule has 1 aromatic heterocycles. The Hall–Kier alpha value is -2.81. The summed E-state index contributed by atoms with van der Waals surface area (Å²) in [6.07, 6.45) is -2.46. The number of halogens is 3. The van der Waals surface area contributed by atoms with Gasteiger partial charge < -0.3 is 14.2 Å². The van der Waals surface area contributed by atoms with Gasteiger partial charge in [0.15, 0.2) is 0 Å². The van der Waals surface area contributed by atoms with Crippen molar-refractivity contribution in [3.63, 3.8) is 0 Å². The van der Waals surface area contributed by atoms with Gasteiger partial charge in [0.1, 0.15) is 5.76 Å². The van der Waals surface area contributed by atoms with Crippen molar-refractivity contribution in [1.82, 2.24) is 14.7 Å². The van der Waals surface area contributed by atoms with Crippen LogP contribution in [0.25, 0.3) is 0 Å². The van der Waals surface area contributed by atoms with Crippen LogP contribution in [-0.2, 0) is 15.8 Å². The number of amides is 2. The highest BCUT2D eigenvalue weighted by molar-refractivity contribution is 5.77. The van der Waals surface area contributed by atoms with E-state index in [1.165, 1.54) is 6.07 Å². The van der Waals surface area contributed by atoms with Crippen molar-refractivity contribution in [3.05, 3.63) is 59.5 Å². The van der Waals surface area contributed by atoms with Gasteiger partial charge in [-0.15, -0.1) is 0 Å². The van der Waals surface area contributed by atoms with Crippen LogP contribution >= 0.6 is 0 Å². The first-order chi connectivity index (χ1) is 17.8. The molecule has 0 N–H and O–H groups in total. The molecule has 4 rings (SSSR count). The molecule has 6 nitrogen and oxygen atoms in total. The molecule has 208 valence electrons. The van der Waals surface area contributed by atoms with Gasteiger partial charge in [-0.1, -0.05) is 51.1 Å². The summed E-state index contributed by atoms with van der Waals surface area (Å²) in [7, 11) is 0. The maximum atomic E-state index is 13.6. The lowest BCUT2D eigenvalue weighted by molar-refractivity contribution is -0.154. The van der Waals surface area contributed by atoms with Crippen LogP contribution in [0.5, 0.6) is 0 Å². The van der Waals surface area contributed by atoms with E-state index in [9.17, 15) is 22.8 Å². The van der Waals surface area contributed by atoms with Gasteiger partial charge in [-0.05, 0) is 41.9 Å². The number of hydrogen-bond acceptors (Lipinski definition) is 4. The quantitative estimate of drug-likeness (QED) is 0.503. The van der Waals surface area contributed by atoms with Gasteiger partial charge in [-0.3, -0.25) is 14.5 Å². The third-order valence-corrected chi connectivity index (χ3v) is 7.91. The summed E-state index contributed by atoms with van der Waals surface area (Å²) in [5.41, 5.74) is 0.605. The van der Waals surface area contributed by atoms with E-state index in [4.69, 9.17) is 4.42 Å². The molecule has 2 atom stereocenters. The number of hydrogen-bond donors (Lipinski definition) is 0. The molecular weight excluding hydrogens is 495 g/mol. The van der Waals surface area contributed by atoms with Gasteiger partial charge in [0.2, 0.25) is 17.6 Å². The Morgan fingerprint density at radius 2 is 1.63 bits per heavy atom. The molecule has 3 heterocycles. The lowest BCUT2D eigenvalue weighted by Gasteiger charge is -2.49. The Morgan fingerprint density at radius 3 is 2.18 bits per heavy atom. The van der Waals surface area contributed by atoms with E-state index in [0.717, 1.165) is 24.5 Å². The third-order valence-electron chi connectivity index (χ3n) is 7.91. The molecule has 2 amide bonds. The van der Waals surface area contributed by atoms with Crippen molar-refractivity contribution in [3.8, 4) is 0 Å². The minimum absolute atomic E-state index is 0.0746. The molecule has 9 heteroatoms. The molecule has 2 saturated heterocycles. The average molecular weight is 534 g/mol. The molecule has 2 aliphatic rings. The van der Waals surface area contributed by atoms with Crippen LogP contribution in [-0.4, -0.2) is 65.3 Å². The zero-order valence-corrected chi connectivity index (χ0v) is 22.6. The number of piperidine rings is 1. The van der Waals surface area contributed by atoms with E-state index in [-0.39, 0.29) is 34.9 Å². The summed E-state index contributed by atoms with van der Waals surface area (Å²) in [6.45, 7) is 10.8. The zero-order valence-electron chi connectivity index (χ0n) is 22.6. The predicted molar refractivity (Wildman–Crippen MR) is 138 cm³/mol. The minimum atomic E-state index is -4.56. The summed E-state index contributed by atoms with van der Waals surface area (Å²) in [6, 6.07) is 11.2. The molecule has 2 fully saturated rings. The SMILES string of the molecule is CC(=O)N1CCC(CC(=O)N2CCN(C(c3ccccc3)c3ccc(C(F)(F)F)o3)CC2C(C)(C)C)CC1. The van der Waals surface area contributed by atoms with E-state index in [1.807, 2.05) is 40.1 Å². The summed E-state index contributed by atoms with van der Waals surface area (Å²) in [5.74, 6) is -0.332. The Balaban J connectivity index is 1.54. The van der Waals surface area contributed by atoms with Crippen LogP contribution in [0.2, 0.25) is 0 Å². The molecule has 0 spiro atoms. The first-order valence-electron chi connectivity index (χ1n) is 13.4. The minimum Gasteiger partial charge on any atom is -0.454 e. The molecule has 0 aliphatic carbocycles. The second-order valence-corrected chi connectivity index (χ2v) is 11.6. The maximum absolute atomic E-state index is 13.6. The summed E-state index contributed by atoms with van der Waals surface area (Å²) in [4.78, 5) is 31.1. The number of piperazine rings is 1. The Kier molecular flexibility index (Phi) is 8.26. The van der Waals surface area contributed by atoms with Crippen molar-refractivity contribution < 1.29 is 27.2 Å². The maximum Gasteiger partial charge on any atom is 0.449 e. The van der Waals surface area contributed by atoms with Gasteiger partial charge >= 0.3 is 6.18 Å². The second-order valence-electron chi connectivity index (χ2n) is 11.6. The van der Waals surface area contributed by atoms with E-state index in [2.05, 4.69) is 25.7 Å². The summed E-state index contributed by atoms with van der Waals surface area (Å²) >= 11 is 0. The molecule has 1 aromatic carbocycles. The molecule has 0 saturated carbocycles. The van der Waals surface area contributed by atoms with Gasteiger partial charge in [-0.2, -0.15) is 13.2 Å². The molecular formula is C29H38F3N3O3. The largest absolute Gasteiger partial charge is 0.454 e. The monoisotopic (exact) mass is 533 g/mol. The third kappa shape index (κ3) is 6.42. The number of furan rings is 1. The Labute approximate surface area is 222 Å². The number of carbonyl (C=O) groups excluding carboxylic acids is 2. The predicted octanol–water partition coefficient (Wildman–Crippen LogP) is 5.60. The molecule has 38 heavy (non-hydrogen) atoms. The first-order valence-corrected chi connectivity index (χ1v) is 13.4. The number of rotatable bonds is 5. The molecule has 2 unspecified atom stereocenters. The smallest absolute Gasteiger partial charge is 0.449 e. The molecule has 2 aromatic rings. The van der Waals surface area contributed by atoms with Gasteiger partial charge in [0.05, 0.1) is 6.04 Å². The molecule has 2 aliphatic heterocycles. The lowest BCUT2D eigenvalue weighted by atomic mass is 9.82. The van der Waals surface area contributed by atoms with Crippen molar-refractivity contribution in [2.75, 3.05) is 32.7 Å². The van der Waals surface area contributed by atoms with Crippen LogP contribution in [0.3, 0.4) is 0 Å². The van der Waals surface area contributed by atoms with Gasteiger partial charge in [0, 0.05) is 52.1 Å². The van der Waals surface area contributed by atoms with Crippen LogP contribution in [0.15, 0.2) is 46.9 Å². The van der Waals surface area contributed by atoms with Crippen molar-refractivity contribution in [2.45, 2.75) is 65.2 Å². The van der Waals surface area contributed by atoms with Crippen LogP contribution in [0.1, 0.15) is 70.1 Å². The fourth-order valence-corrected chi connectivity index (χ4v) is 5.74. The number of nitrogens with zero attached hydrogens (tertiary/aromatic N) is 3. The second kappa shape index (κ2) is 11.1. The fourth-order valence-electron chi connectivity index (χ4n) is 5.74. The van der Waals surface area contributed by atoms with E-state index >= 15 is 0 Å². The lowest BCUT2D eigenvalue weighted by Crippen LogP contribution is -2.60. The average Bonchev–Trinajstić information content (AvgIpc) is 3.35. The summed E-state index contributed by atoms with van der Waals surface area (Å²) < 4.78 is 45.4. The standard InChI is InChI=1S/C29H38F3N3O3/c1-20(36)33-14-12-21(13-15-33)18-26(37)35-17-16-34(19-24(35)28(2,3)4)27(22-8-6-5-7-9-22)23-10-11-25(38-23)29(30,31)32/h5-11,21,24,27H,12-19H2,1-4H3. The van der Waals surface area contributed by atoms with E-state index in [0.29, 0.717) is 39.1 Å². The topological polar surface area (TPSA) is 57.0 Å². The van der Waals surface area contributed by atoms with E-state index < -0.39 is 18.0 Å². The highest BCUT2D eigenvalue weighted by atomic mass is 19.4. The number of likely N-dealkylation sites (tertiary alicyclic amines) is 1. The molecule has 0 radical (unpaired) electrons. The van der Waals surface area contributed by atoms with Crippen LogP contribution < -0.4 is 0 Å². The first kappa shape index (κ1) is 28.2. The van der Waals surface area contributed by atoms with Gasteiger partial charge in [0.25, 0.3) is 0 Å². The van der Waals surface area contributed by atoms with Crippen LogP contribution in [0.4, 0.5) is 13.2 Å². The zero-order chi connectivity index (χ0) is 27.7. The highest BCUT2D eigenvalue weighted by Gasteiger charge is 2.42. The fraction of sp³-hybridized carbons (Fsp3) is 0.586. The van der Waals surface area contributed by atoms with E-state index in [1.54, 1.807) is 6.92 Å². The Bertz CT molecular complexity index is 1100. The highest BCUT2D eigenvalue weighted by Crippen LogP contribution is 2.39. The summed E-state index contributed by atoms with van der Waals surface area (Å²) in [5, 5.41) is 0. The van der Waals surface area contributed by atoms with Crippen molar-refractivity contribution in [2.24, 2.45) is 11.3 Å². The van der Waals surface area contributed by atoms with Crippen molar-refractivity contribution >= 4 is 11.8 Å². The normalized spacial score (nSPS) is 21.0. The van der Waals surface area contributed by atoms with Crippen LogP contribution in [0, 0.1) is 11.3 Å². The number of alkyl halides is 3. The van der Waals surface area contributed by atoms with Gasteiger partial charge in [-0.25, -0.2) is 0 Å². The Morgan fingerprint density at radius 1 is 0.974 bits per heavy atom. The number of benzene rings is 1. The number of carbonyl (C=O) groups is 2. The van der Waals surface area contributed by atoms with Crippen molar-refractivity contribution in [1.29, 1.82) is 0 Å². The molecule has 0 bridgehead atoms.